The maximum Gasteiger partial charge on any atom is 0.239 e. The highest BCUT2D eigenvalue weighted by molar-refractivity contribution is 5.95. The van der Waals surface area contributed by atoms with Gasteiger partial charge >= 0.3 is 0 Å². The third-order valence-corrected chi connectivity index (χ3v) is 5.73. The highest BCUT2D eigenvalue weighted by Crippen LogP contribution is 2.31. The number of aromatic amines is 1. The number of fused-ring (bicyclic) bond motifs is 1. The number of carbonyl (C=O) groups is 1. The summed E-state index contributed by atoms with van der Waals surface area (Å²) in [5.41, 5.74) is 5.19. The normalized spacial score (nSPS) is 20.2. The summed E-state index contributed by atoms with van der Waals surface area (Å²) in [7, 11) is 0. The summed E-state index contributed by atoms with van der Waals surface area (Å²) in [6.07, 6.45) is 5.39. The minimum Gasteiger partial charge on any atom is -0.378 e. The van der Waals surface area contributed by atoms with Crippen molar-refractivity contribution in [1.29, 1.82) is 0 Å². The van der Waals surface area contributed by atoms with Crippen LogP contribution in [-0.4, -0.2) is 66.1 Å². The summed E-state index contributed by atoms with van der Waals surface area (Å²) in [5, 5.41) is 1.32. The van der Waals surface area contributed by atoms with Gasteiger partial charge in [0.05, 0.1) is 19.3 Å². The Morgan fingerprint density at radius 3 is 2.77 bits per heavy atom. The molecule has 0 radical (unpaired) electrons. The maximum absolute atomic E-state index is 12.7. The molecule has 2 aliphatic heterocycles. The predicted octanol–water partition coefficient (Wildman–Crippen LogP) is 2.81. The van der Waals surface area contributed by atoms with E-state index in [9.17, 15) is 4.79 Å². The summed E-state index contributed by atoms with van der Waals surface area (Å²) in [6.45, 7) is 8.68. The third-order valence-electron chi connectivity index (χ3n) is 5.73. The molecule has 3 heterocycles. The van der Waals surface area contributed by atoms with Crippen LogP contribution in [0.2, 0.25) is 0 Å². The molecule has 2 aliphatic rings. The fourth-order valence-corrected chi connectivity index (χ4v) is 4.11. The number of morpholine rings is 1. The van der Waals surface area contributed by atoms with Crippen LogP contribution in [0.25, 0.3) is 16.5 Å². The second-order valence-corrected chi connectivity index (χ2v) is 7.29. The quantitative estimate of drug-likeness (QED) is 0.923. The number of rotatable bonds is 3. The average molecular weight is 353 g/mol. The Labute approximate surface area is 154 Å². The Kier molecular flexibility index (Phi) is 4.83. The molecule has 1 aromatic carbocycles. The summed E-state index contributed by atoms with van der Waals surface area (Å²) in [6, 6.07) is 6.31. The van der Waals surface area contributed by atoms with Crippen LogP contribution in [0.1, 0.15) is 24.5 Å². The molecule has 0 bridgehead atoms. The zero-order valence-electron chi connectivity index (χ0n) is 15.6. The molecule has 1 N–H and O–H groups in total. The van der Waals surface area contributed by atoms with Crippen molar-refractivity contribution in [1.82, 2.24) is 14.8 Å². The van der Waals surface area contributed by atoms with Crippen LogP contribution >= 0.6 is 0 Å². The van der Waals surface area contributed by atoms with Crippen LogP contribution in [0, 0.1) is 6.92 Å². The van der Waals surface area contributed by atoms with Gasteiger partial charge in [0.25, 0.3) is 0 Å². The van der Waals surface area contributed by atoms with E-state index in [2.05, 4.69) is 47.3 Å². The SMILES string of the molecule is Cc1cccc2[nH]cc(C3=CCN([C@H](C)C(=O)N4CCOCC4)CC3)c12. The summed E-state index contributed by atoms with van der Waals surface area (Å²) >= 11 is 0. The van der Waals surface area contributed by atoms with Crippen molar-refractivity contribution in [2.45, 2.75) is 26.3 Å². The highest BCUT2D eigenvalue weighted by atomic mass is 16.5. The van der Waals surface area contributed by atoms with Crippen LogP contribution in [0.4, 0.5) is 0 Å². The van der Waals surface area contributed by atoms with Gasteiger partial charge in [-0.15, -0.1) is 0 Å². The standard InChI is InChI=1S/C21H27N3O2/c1-15-4-3-5-19-20(15)18(14-22-19)17-6-8-23(9-7-17)16(2)21(25)24-10-12-26-13-11-24/h3-6,14,16,22H,7-13H2,1-2H3/t16-/m1/s1. The topological polar surface area (TPSA) is 48.6 Å². The number of ether oxygens (including phenoxy) is 1. The minimum atomic E-state index is -0.0735. The molecule has 0 spiro atoms. The Balaban J connectivity index is 1.48. The molecule has 1 amide bonds. The minimum absolute atomic E-state index is 0.0735. The number of benzene rings is 1. The number of H-pyrrole nitrogens is 1. The Hall–Kier alpha value is -2.11. The maximum atomic E-state index is 12.7. The van der Waals surface area contributed by atoms with E-state index in [0.717, 1.165) is 19.5 Å². The Bertz CT molecular complexity index is 833. The van der Waals surface area contributed by atoms with Gasteiger partial charge < -0.3 is 14.6 Å². The first-order valence-electron chi connectivity index (χ1n) is 9.52. The van der Waals surface area contributed by atoms with Gasteiger partial charge in [-0.05, 0) is 37.5 Å². The number of nitrogens with one attached hydrogen (secondary N) is 1. The van der Waals surface area contributed by atoms with Crippen LogP contribution in [0.5, 0.6) is 0 Å². The van der Waals surface area contributed by atoms with Crippen molar-refractivity contribution >= 4 is 22.4 Å². The predicted molar refractivity (Wildman–Crippen MR) is 104 cm³/mol. The van der Waals surface area contributed by atoms with Crippen molar-refractivity contribution in [3.8, 4) is 0 Å². The largest absolute Gasteiger partial charge is 0.378 e. The monoisotopic (exact) mass is 353 g/mol. The molecule has 0 aliphatic carbocycles. The molecule has 1 saturated heterocycles. The van der Waals surface area contributed by atoms with Gasteiger partial charge in [-0.2, -0.15) is 0 Å². The lowest BCUT2D eigenvalue weighted by Crippen LogP contribution is -2.51. The van der Waals surface area contributed by atoms with E-state index in [1.54, 1.807) is 0 Å². The second kappa shape index (κ2) is 7.25. The molecule has 138 valence electrons. The zero-order valence-corrected chi connectivity index (χ0v) is 15.6. The van der Waals surface area contributed by atoms with Crippen LogP contribution in [0.15, 0.2) is 30.5 Å². The Morgan fingerprint density at radius 2 is 2.04 bits per heavy atom. The number of nitrogens with zero attached hydrogens (tertiary/aromatic N) is 2. The molecule has 26 heavy (non-hydrogen) atoms. The number of carbonyl (C=O) groups excluding carboxylic acids is 1. The van der Waals surface area contributed by atoms with Crippen molar-refractivity contribution < 1.29 is 9.53 Å². The first kappa shape index (κ1) is 17.3. The van der Waals surface area contributed by atoms with E-state index in [1.807, 2.05) is 11.8 Å². The fourth-order valence-electron chi connectivity index (χ4n) is 4.11. The fraction of sp³-hybridized carbons (Fsp3) is 0.476. The molecule has 1 atom stereocenters. The molecule has 2 aromatic rings. The van der Waals surface area contributed by atoms with Crippen molar-refractivity contribution in [2.75, 3.05) is 39.4 Å². The third kappa shape index (κ3) is 3.17. The van der Waals surface area contributed by atoms with E-state index < -0.39 is 0 Å². The van der Waals surface area contributed by atoms with Gasteiger partial charge in [-0.25, -0.2) is 0 Å². The average Bonchev–Trinajstić information content (AvgIpc) is 3.13. The van der Waals surface area contributed by atoms with Crippen LogP contribution in [0.3, 0.4) is 0 Å². The molecule has 1 aromatic heterocycles. The van der Waals surface area contributed by atoms with Gasteiger partial charge in [-0.1, -0.05) is 18.2 Å². The van der Waals surface area contributed by atoms with E-state index in [-0.39, 0.29) is 11.9 Å². The van der Waals surface area contributed by atoms with E-state index in [1.165, 1.54) is 27.6 Å². The molecule has 1 fully saturated rings. The smallest absolute Gasteiger partial charge is 0.239 e. The number of aromatic nitrogens is 1. The zero-order chi connectivity index (χ0) is 18.1. The van der Waals surface area contributed by atoms with Crippen molar-refractivity contribution in [3.05, 3.63) is 41.6 Å². The first-order chi connectivity index (χ1) is 12.6. The van der Waals surface area contributed by atoms with E-state index in [0.29, 0.717) is 26.3 Å². The molecule has 4 rings (SSSR count). The number of amides is 1. The van der Waals surface area contributed by atoms with Crippen LogP contribution < -0.4 is 0 Å². The highest BCUT2D eigenvalue weighted by Gasteiger charge is 2.28. The molecular weight excluding hydrogens is 326 g/mol. The number of aryl methyl sites for hydroxylation is 1. The van der Waals surface area contributed by atoms with Crippen LogP contribution in [-0.2, 0) is 9.53 Å². The van der Waals surface area contributed by atoms with Gasteiger partial charge in [0.2, 0.25) is 5.91 Å². The summed E-state index contributed by atoms with van der Waals surface area (Å²) in [5.74, 6) is 0.230. The van der Waals surface area contributed by atoms with E-state index >= 15 is 0 Å². The summed E-state index contributed by atoms with van der Waals surface area (Å²) < 4.78 is 5.36. The molecule has 0 saturated carbocycles. The van der Waals surface area contributed by atoms with Crippen molar-refractivity contribution in [2.24, 2.45) is 0 Å². The lowest BCUT2D eigenvalue weighted by Gasteiger charge is -2.35. The lowest BCUT2D eigenvalue weighted by molar-refractivity contribution is -0.140. The van der Waals surface area contributed by atoms with Crippen molar-refractivity contribution in [3.63, 3.8) is 0 Å². The summed E-state index contributed by atoms with van der Waals surface area (Å²) in [4.78, 5) is 20.3. The van der Waals surface area contributed by atoms with Gasteiger partial charge in [-0.3, -0.25) is 9.69 Å². The first-order valence-corrected chi connectivity index (χ1v) is 9.52. The molecular formula is C21H27N3O2. The van der Waals surface area contributed by atoms with Gasteiger partial charge in [0.15, 0.2) is 0 Å². The molecule has 5 nitrogen and oxygen atoms in total. The van der Waals surface area contributed by atoms with E-state index in [4.69, 9.17) is 4.74 Å². The Morgan fingerprint density at radius 1 is 1.23 bits per heavy atom. The lowest BCUT2D eigenvalue weighted by atomic mass is 9.96. The molecule has 5 heteroatoms. The van der Waals surface area contributed by atoms with Gasteiger partial charge in [0.1, 0.15) is 0 Å². The molecule has 0 unspecified atom stereocenters. The van der Waals surface area contributed by atoms with Gasteiger partial charge in [0, 0.05) is 48.8 Å². The number of hydrogen-bond donors (Lipinski definition) is 1. The number of hydrogen-bond acceptors (Lipinski definition) is 3. The second-order valence-electron chi connectivity index (χ2n) is 7.29.